The Labute approximate surface area is 110 Å². The number of hydrogen-bond donors (Lipinski definition) is 2. The molecule has 1 aliphatic heterocycles. The van der Waals surface area contributed by atoms with Crippen LogP contribution < -0.4 is 15.4 Å². The summed E-state index contributed by atoms with van der Waals surface area (Å²) in [6, 6.07) is 9.48. The van der Waals surface area contributed by atoms with E-state index in [1.54, 1.807) is 0 Å². The fraction of sp³-hybridized carbons (Fsp3) is 0.600. The average Bonchev–Trinajstić information content (AvgIpc) is 2.41. The molecule has 0 aromatic heterocycles. The van der Waals surface area contributed by atoms with Crippen LogP contribution in [0, 0.1) is 0 Å². The highest BCUT2D eigenvalue weighted by Gasteiger charge is 2.15. The van der Waals surface area contributed by atoms with Gasteiger partial charge in [-0.05, 0) is 57.5 Å². The number of ether oxygens (including phenoxy) is 1. The van der Waals surface area contributed by atoms with Crippen LogP contribution in [-0.2, 0) is 0 Å². The first-order valence-electron chi connectivity index (χ1n) is 6.99. The highest BCUT2D eigenvalue weighted by Crippen LogP contribution is 2.19. The second-order valence-electron chi connectivity index (χ2n) is 4.91. The summed E-state index contributed by atoms with van der Waals surface area (Å²) in [5.74, 6) is 0.954. The molecule has 1 unspecified atom stereocenters. The van der Waals surface area contributed by atoms with Gasteiger partial charge in [0.2, 0.25) is 0 Å². The van der Waals surface area contributed by atoms with Crippen LogP contribution in [0.4, 0.5) is 0 Å². The van der Waals surface area contributed by atoms with Gasteiger partial charge in [0.1, 0.15) is 5.75 Å². The zero-order chi connectivity index (χ0) is 12.8. The van der Waals surface area contributed by atoms with Gasteiger partial charge in [0, 0.05) is 12.1 Å². The molecular formula is C15H24N2O. The Kier molecular flexibility index (Phi) is 5.02. The smallest absolute Gasteiger partial charge is 0.119 e. The molecule has 1 heterocycles. The molecule has 1 aromatic carbocycles. The molecule has 1 fully saturated rings. The maximum atomic E-state index is 5.46. The van der Waals surface area contributed by atoms with E-state index in [9.17, 15) is 0 Å². The highest BCUT2D eigenvalue weighted by atomic mass is 16.5. The Morgan fingerprint density at radius 3 is 2.56 bits per heavy atom. The normalized spacial score (nSPS) is 18.6. The lowest BCUT2D eigenvalue weighted by Gasteiger charge is -2.27. The summed E-state index contributed by atoms with van der Waals surface area (Å²) in [5.41, 5.74) is 1.33. The van der Waals surface area contributed by atoms with Gasteiger partial charge in [-0.2, -0.15) is 0 Å². The molecule has 0 spiro atoms. The van der Waals surface area contributed by atoms with E-state index in [-0.39, 0.29) is 0 Å². The van der Waals surface area contributed by atoms with E-state index in [0.29, 0.717) is 12.1 Å². The molecule has 0 saturated carbocycles. The van der Waals surface area contributed by atoms with Crippen molar-refractivity contribution < 1.29 is 4.74 Å². The van der Waals surface area contributed by atoms with Gasteiger partial charge in [-0.1, -0.05) is 12.1 Å². The third-order valence-electron chi connectivity index (χ3n) is 3.52. The number of piperidine rings is 1. The number of hydrogen-bond acceptors (Lipinski definition) is 3. The van der Waals surface area contributed by atoms with Crippen LogP contribution in [0.2, 0.25) is 0 Å². The van der Waals surface area contributed by atoms with E-state index in [0.717, 1.165) is 25.4 Å². The molecule has 1 atom stereocenters. The van der Waals surface area contributed by atoms with Crippen LogP contribution in [-0.4, -0.2) is 25.7 Å². The van der Waals surface area contributed by atoms with Crippen LogP contribution in [0.3, 0.4) is 0 Å². The molecule has 0 radical (unpaired) electrons. The average molecular weight is 248 g/mol. The summed E-state index contributed by atoms with van der Waals surface area (Å²) in [5, 5.41) is 7.10. The summed E-state index contributed by atoms with van der Waals surface area (Å²) >= 11 is 0. The van der Waals surface area contributed by atoms with Gasteiger partial charge in [-0.15, -0.1) is 0 Å². The van der Waals surface area contributed by atoms with Crippen LogP contribution in [0.1, 0.15) is 38.3 Å². The molecule has 2 N–H and O–H groups in total. The largest absolute Gasteiger partial charge is 0.494 e. The second-order valence-corrected chi connectivity index (χ2v) is 4.91. The molecule has 0 amide bonds. The summed E-state index contributed by atoms with van der Waals surface area (Å²) < 4.78 is 5.46. The lowest BCUT2D eigenvalue weighted by atomic mass is 10.0. The predicted octanol–water partition coefficient (Wildman–Crippen LogP) is 2.49. The zero-order valence-electron chi connectivity index (χ0n) is 11.4. The fourth-order valence-electron chi connectivity index (χ4n) is 2.46. The highest BCUT2D eigenvalue weighted by molar-refractivity contribution is 5.29. The van der Waals surface area contributed by atoms with Crippen LogP contribution >= 0.6 is 0 Å². The maximum absolute atomic E-state index is 5.46. The van der Waals surface area contributed by atoms with E-state index < -0.39 is 0 Å². The van der Waals surface area contributed by atoms with Gasteiger partial charge < -0.3 is 15.4 Å². The quantitative estimate of drug-likeness (QED) is 0.840. The van der Waals surface area contributed by atoms with Crippen molar-refractivity contribution in [2.24, 2.45) is 0 Å². The first kappa shape index (κ1) is 13.4. The van der Waals surface area contributed by atoms with E-state index in [1.165, 1.54) is 18.4 Å². The fourth-order valence-corrected chi connectivity index (χ4v) is 2.46. The van der Waals surface area contributed by atoms with Crippen LogP contribution in [0.15, 0.2) is 24.3 Å². The van der Waals surface area contributed by atoms with Crippen molar-refractivity contribution in [1.29, 1.82) is 0 Å². The minimum Gasteiger partial charge on any atom is -0.494 e. The van der Waals surface area contributed by atoms with Crippen molar-refractivity contribution in [1.82, 2.24) is 10.6 Å². The number of nitrogens with one attached hydrogen (secondary N) is 2. The maximum Gasteiger partial charge on any atom is 0.119 e. The molecule has 1 aromatic rings. The molecule has 3 nitrogen and oxygen atoms in total. The minimum atomic E-state index is 0.406. The standard InChI is InChI=1S/C15H24N2O/c1-3-18-15-6-4-13(5-7-15)12(2)17-14-8-10-16-11-9-14/h4-7,12,14,16-17H,3,8-11H2,1-2H3. The van der Waals surface area contributed by atoms with E-state index >= 15 is 0 Å². The van der Waals surface area contributed by atoms with Gasteiger partial charge in [0.15, 0.2) is 0 Å². The molecule has 1 saturated heterocycles. The zero-order valence-corrected chi connectivity index (χ0v) is 11.4. The first-order chi connectivity index (χ1) is 8.79. The Morgan fingerprint density at radius 1 is 1.28 bits per heavy atom. The SMILES string of the molecule is CCOc1ccc(C(C)NC2CCNCC2)cc1. The third-order valence-corrected chi connectivity index (χ3v) is 3.52. The summed E-state index contributed by atoms with van der Waals surface area (Å²) in [6.07, 6.45) is 2.45. The number of benzene rings is 1. The molecule has 18 heavy (non-hydrogen) atoms. The Hall–Kier alpha value is -1.06. The molecule has 1 aliphatic rings. The third kappa shape index (κ3) is 3.72. The molecule has 0 aliphatic carbocycles. The Balaban J connectivity index is 1.89. The first-order valence-corrected chi connectivity index (χ1v) is 6.99. The second kappa shape index (κ2) is 6.76. The summed E-state index contributed by atoms with van der Waals surface area (Å²) in [4.78, 5) is 0. The predicted molar refractivity (Wildman–Crippen MR) is 75.1 cm³/mol. The van der Waals surface area contributed by atoms with Crippen LogP contribution in [0.25, 0.3) is 0 Å². The Morgan fingerprint density at radius 2 is 1.94 bits per heavy atom. The van der Waals surface area contributed by atoms with Gasteiger partial charge >= 0.3 is 0 Å². The van der Waals surface area contributed by atoms with Crippen molar-refractivity contribution >= 4 is 0 Å². The van der Waals surface area contributed by atoms with E-state index in [4.69, 9.17) is 4.74 Å². The van der Waals surface area contributed by atoms with Crippen LogP contribution in [0.5, 0.6) is 5.75 Å². The summed E-state index contributed by atoms with van der Waals surface area (Å²) in [7, 11) is 0. The molecule has 3 heteroatoms. The van der Waals surface area contributed by atoms with Gasteiger partial charge in [0.05, 0.1) is 6.61 Å². The number of rotatable bonds is 5. The van der Waals surface area contributed by atoms with Gasteiger partial charge in [0.25, 0.3) is 0 Å². The van der Waals surface area contributed by atoms with Crippen molar-refractivity contribution in [2.75, 3.05) is 19.7 Å². The lowest BCUT2D eigenvalue weighted by Crippen LogP contribution is -2.40. The molecule has 0 bridgehead atoms. The minimum absolute atomic E-state index is 0.406. The topological polar surface area (TPSA) is 33.3 Å². The molecule has 100 valence electrons. The summed E-state index contributed by atoms with van der Waals surface area (Å²) in [6.45, 7) is 7.23. The van der Waals surface area contributed by atoms with Crippen molar-refractivity contribution in [3.05, 3.63) is 29.8 Å². The van der Waals surface area contributed by atoms with E-state index in [2.05, 4.69) is 41.8 Å². The van der Waals surface area contributed by atoms with Crippen molar-refractivity contribution in [3.63, 3.8) is 0 Å². The Bertz CT molecular complexity index is 344. The lowest BCUT2D eigenvalue weighted by molar-refractivity contribution is 0.339. The van der Waals surface area contributed by atoms with Crippen molar-refractivity contribution in [3.8, 4) is 5.75 Å². The monoisotopic (exact) mass is 248 g/mol. The molecule has 2 rings (SSSR count). The van der Waals surface area contributed by atoms with Crippen molar-refractivity contribution in [2.45, 2.75) is 38.8 Å². The van der Waals surface area contributed by atoms with Gasteiger partial charge in [-0.3, -0.25) is 0 Å². The van der Waals surface area contributed by atoms with E-state index in [1.807, 2.05) is 6.92 Å². The molecular weight excluding hydrogens is 224 g/mol. The van der Waals surface area contributed by atoms with Gasteiger partial charge in [-0.25, -0.2) is 0 Å².